The van der Waals surface area contributed by atoms with Gasteiger partial charge in [-0.1, -0.05) is 0 Å². The first-order valence-electron chi connectivity index (χ1n) is 6.40. The molecule has 0 unspecified atom stereocenters. The van der Waals surface area contributed by atoms with Gasteiger partial charge >= 0.3 is 12.3 Å². The van der Waals surface area contributed by atoms with Gasteiger partial charge in [-0.3, -0.25) is 4.79 Å². The molecule has 0 aliphatic carbocycles. The molecule has 9 heteroatoms. The van der Waals surface area contributed by atoms with Crippen LogP contribution in [0.3, 0.4) is 0 Å². The van der Waals surface area contributed by atoms with E-state index < -0.39 is 24.3 Å². The number of rotatable bonds is 4. The van der Waals surface area contributed by atoms with Gasteiger partial charge in [0.2, 0.25) is 5.95 Å². The molecule has 1 aliphatic rings. The van der Waals surface area contributed by atoms with Crippen LogP contribution < -0.4 is 10.2 Å². The van der Waals surface area contributed by atoms with Gasteiger partial charge < -0.3 is 10.2 Å². The number of halogens is 4. The Labute approximate surface area is 118 Å². The molecular weight excluding hydrogens is 292 g/mol. The van der Waals surface area contributed by atoms with E-state index in [1.165, 1.54) is 0 Å². The zero-order chi connectivity index (χ0) is 15.5. The zero-order valence-electron chi connectivity index (χ0n) is 11.0. The third kappa shape index (κ3) is 3.59. The number of aromatic nitrogens is 2. The number of hydrogen-bond acceptors (Lipinski definition) is 4. The monoisotopic (exact) mass is 306 g/mol. The molecule has 1 aromatic rings. The third-order valence-corrected chi connectivity index (χ3v) is 3.24. The van der Waals surface area contributed by atoms with Gasteiger partial charge in [-0.15, -0.1) is 0 Å². The van der Waals surface area contributed by atoms with Crippen LogP contribution in [0.1, 0.15) is 12.8 Å². The molecule has 2 heterocycles. The smallest absolute Gasteiger partial charge is 0.348 e. The molecule has 0 saturated carbocycles. The Morgan fingerprint density at radius 2 is 1.86 bits per heavy atom. The number of nitrogens with zero attached hydrogens (tertiary/aromatic N) is 3. The van der Waals surface area contributed by atoms with Crippen molar-refractivity contribution in [1.29, 1.82) is 0 Å². The van der Waals surface area contributed by atoms with Crippen LogP contribution in [0.2, 0.25) is 0 Å². The summed E-state index contributed by atoms with van der Waals surface area (Å²) in [7, 11) is 0. The minimum Gasteiger partial charge on any atom is -0.348 e. The fourth-order valence-electron chi connectivity index (χ4n) is 2.06. The number of carbonyl (C=O) groups is 1. The Hall–Kier alpha value is -1.93. The van der Waals surface area contributed by atoms with Crippen molar-refractivity contribution in [3.8, 4) is 0 Å². The first-order chi connectivity index (χ1) is 9.91. The Morgan fingerprint density at radius 3 is 2.38 bits per heavy atom. The Kier molecular flexibility index (Phi) is 4.59. The summed E-state index contributed by atoms with van der Waals surface area (Å²) < 4.78 is 49.8. The molecule has 21 heavy (non-hydrogen) atoms. The summed E-state index contributed by atoms with van der Waals surface area (Å²) in [6.45, 7) is 0.907. The van der Waals surface area contributed by atoms with Gasteiger partial charge in [0.1, 0.15) is 0 Å². The summed E-state index contributed by atoms with van der Waals surface area (Å²) in [5.41, 5.74) is 0. The maximum Gasteiger partial charge on any atom is 0.383 e. The molecule has 1 aromatic heterocycles. The molecule has 1 saturated heterocycles. The lowest BCUT2D eigenvalue weighted by molar-refractivity contribution is -0.170. The van der Waals surface area contributed by atoms with Crippen LogP contribution in [0.5, 0.6) is 0 Å². The number of hydrogen-bond donors (Lipinski definition) is 1. The van der Waals surface area contributed by atoms with E-state index in [-0.39, 0.29) is 0 Å². The molecule has 0 radical (unpaired) electrons. The van der Waals surface area contributed by atoms with Crippen LogP contribution in [0.15, 0.2) is 18.5 Å². The van der Waals surface area contributed by atoms with Crippen molar-refractivity contribution in [1.82, 2.24) is 15.3 Å². The molecule has 5 nitrogen and oxygen atoms in total. The summed E-state index contributed by atoms with van der Waals surface area (Å²) in [5.74, 6) is -6.06. The van der Waals surface area contributed by atoms with Gasteiger partial charge in [0.25, 0.3) is 5.91 Å². The summed E-state index contributed by atoms with van der Waals surface area (Å²) in [6.07, 6.45) is -0.110. The van der Waals surface area contributed by atoms with E-state index in [0.717, 1.165) is 0 Å². The Bertz CT molecular complexity index is 477. The average Bonchev–Trinajstić information content (AvgIpc) is 2.48. The molecule has 0 bridgehead atoms. The highest BCUT2D eigenvalue weighted by Crippen LogP contribution is 2.24. The number of amides is 1. The van der Waals surface area contributed by atoms with Gasteiger partial charge in [0.15, 0.2) is 0 Å². The van der Waals surface area contributed by atoms with Crippen molar-refractivity contribution < 1.29 is 22.4 Å². The lowest BCUT2D eigenvalue weighted by Crippen LogP contribution is -2.52. The van der Waals surface area contributed by atoms with Gasteiger partial charge in [0.05, 0.1) is 0 Å². The van der Waals surface area contributed by atoms with Gasteiger partial charge in [-0.2, -0.15) is 8.78 Å². The van der Waals surface area contributed by atoms with Crippen LogP contribution in [-0.2, 0) is 4.79 Å². The molecule has 1 aliphatic heterocycles. The predicted octanol–water partition coefficient (Wildman–Crippen LogP) is 1.46. The van der Waals surface area contributed by atoms with Crippen molar-refractivity contribution in [2.45, 2.75) is 31.2 Å². The topological polar surface area (TPSA) is 58.1 Å². The lowest BCUT2D eigenvalue weighted by atomic mass is 10.0. The maximum atomic E-state index is 12.8. The second-order valence-corrected chi connectivity index (χ2v) is 4.71. The number of anilines is 1. The fraction of sp³-hybridized carbons (Fsp3) is 0.583. The van der Waals surface area contributed by atoms with Crippen LogP contribution in [-0.4, -0.2) is 47.4 Å². The SMILES string of the molecule is O=C(NC1CCN(c2ncccn2)CC1)C(F)(F)C(F)F. The largest absolute Gasteiger partial charge is 0.383 e. The number of carbonyl (C=O) groups excluding carboxylic acids is 1. The molecule has 116 valence electrons. The lowest BCUT2D eigenvalue weighted by Gasteiger charge is -2.32. The predicted molar refractivity (Wildman–Crippen MR) is 66.4 cm³/mol. The molecular formula is C12H14F4N4O. The van der Waals surface area contributed by atoms with Gasteiger partial charge in [-0.25, -0.2) is 18.7 Å². The molecule has 1 fully saturated rings. The van der Waals surface area contributed by atoms with E-state index >= 15 is 0 Å². The summed E-state index contributed by atoms with van der Waals surface area (Å²) >= 11 is 0. The van der Waals surface area contributed by atoms with Gasteiger partial charge in [-0.05, 0) is 18.9 Å². The van der Waals surface area contributed by atoms with Crippen molar-refractivity contribution in [3.63, 3.8) is 0 Å². The average molecular weight is 306 g/mol. The van der Waals surface area contributed by atoms with Crippen molar-refractivity contribution in [2.24, 2.45) is 0 Å². The minimum atomic E-state index is -4.65. The van der Waals surface area contributed by atoms with E-state index in [2.05, 4.69) is 9.97 Å². The normalized spacial score (nSPS) is 17.1. The van der Waals surface area contributed by atoms with Gasteiger partial charge in [0, 0.05) is 31.5 Å². The third-order valence-electron chi connectivity index (χ3n) is 3.24. The zero-order valence-corrected chi connectivity index (χ0v) is 11.0. The molecule has 1 N–H and O–H groups in total. The van der Waals surface area contributed by atoms with E-state index in [1.54, 1.807) is 18.5 Å². The minimum absolute atomic E-state index is 0.364. The summed E-state index contributed by atoms with van der Waals surface area (Å²) in [6, 6.07) is 1.12. The second kappa shape index (κ2) is 6.23. The fourth-order valence-corrected chi connectivity index (χ4v) is 2.06. The van der Waals surface area contributed by atoms with Crippen LogP contribution >= 0.6 is 0 Å². The Morgan fingerprint density at radius 1 is 1.29 bits per heavy atom. The summed E-state index contributed by atoms with van der Waals surface area (Å²) in [5, 5.41) is 1.98. The van der Waals surface area contributed by atoms with E-state index in [1.807, 2.05) is 10.2 Å². The highest BCUT2D eigenvalue weighted by atomic mass is 19.3. The van der Waals surface area contributed by atoms with E-state index in [9.17, 15) is 22.4 Å². The summed E-state index contributed by atoms with van der Waals surface area (Å²) in [4.78, 5) is 21.1. The molecule has 0 aromatic carbocycles. The number of piperidine rings is 1. The van der Waals surface area contributed by atoms with Crippen LogP contribution in [0.25, 0.3) is 0 Å². The second-order valence-electron chi connectivity index (χ2n) is 4.71. The molecule has 2 rings (SSSR count). The quantitative estimate of drug-likeness (QED) is 0.856. The first kappa shape index (κ1) is 15.5. The highest BCUT2D eigenvalue weighted by molar-refractivity contribution is 5.84. The molecule has 0 atom stereocenters. The van der Waals surface area contributed by atoms with Crippen molar-refractivity contribution in [2.75, 3.05) is 18.0 Å². The van der Waals surface area contributed by atoms with Crippen molar-refractivity contribution >= 4 is 11.9 Å². The van der Waals surface area contributed by atoms with Crippen LogP contribution in [0, 0.1) is 0 Å². The standard InChI is InChI=1S/C12H14F4N4O/c13-9(14)12(15,16)10(21)19-8-2-6-20(7-3-8)11-17-4-1-5-18-11/h1,4-5,8-9H,2-3,6-7H2,(H,19,21). The number of alkyl halides is 4. The van der Waals surface area contributed by atoms with Crippen LogP contribution in [0.4, 0.5) is 23.5 Å². The maximum absolute atomic E-state index is 12.8. The van der Waals surface area contributed by atoms with Crippen molar-refractivity contribution in [3.05, 3.63) is 18.5 Å². The Balaban J connectivity index is 1.86. The number of nitrogens with one attached hydrogen (secondary N) is 1. The van der Waals surface area contributed by atoms with E-state index in [0.29, 0.717) is 31.9 Å². The van der Waals surface area contributed by atoms with E-state index in [4.69, 9.17) is 0 Å². The molecule has 0 spiro atoms. The molecule has 1 amide bonds. The highest BCUT2D eigenvalue weighted by Gasteiger charge is 2.49. The first-order valence-corrected chi connectivity index (χ1v) is 6.40.